The summed E-state index contributed by atoms with van der Waals surface area (Å²) in [5.41, 5.74) is 1.04. The van der Waals surface area contributed by atoms with Crippen LogP contribution in [0.4, 0.5) is 18.9 Å². The fourth-order valence-electron chi connectivity index (χ4n) is 4.09. The molecule has 0 atom stereocenters. The molecule has 36 heavy (non-hydrogen) atoms. The summed E-state index contributed by atoms with van der Waals surface area (Å²) in [5.74, 6) is 1.84. The van der Waals surface area contributed by atoms with Crippen molar-refractivity contribution in [2.75, 3.05) is 45.3 Å². The largest absolute Gasteiger partial charge is 0.497 e. The van der Waals surface area contributed by atoms with Crippen LogP contribution in [-0.2, 0) is 12.8 Å². The third-order valence-corrected chi connectivity index (χ3v) is 6.09. The van der Waals surface area contributed by atoms with Crippen molar-refractivity contribution in [3.05, 3.63) is 83.4 Å². The quantitative estimate of drug-likeness (QED) is 0.443. The molecule has 0 saturated carbocycles. The van der Waals surface area contributed by atoms with Gasteiger partial charge in [0.2, 0.25) is 0 Å². The number of anilines is 1. The Kier molecular flexibility index (Phi) is 7.57. The standard InChI is InChI=1S/C27H27F3N2O4/c1-34-23-7-9-24(10-8-23)36-18-20-16-19(6-11-25(20)35-2)26(33)32-14-12-31(13-15-32)22-5-3-4-21(17-22)27(28,29)30/h3-11,16-17H,12-15,18H2,1-2H3. The minimum Gasteiger partial charge on any atom is -0.497 e. The van der Waals surface area contributed by atoms with Crippen LogP contribution in [-0.4, -0.2) is 51.2 Å². The molecule has 0 unspecified atom stereocenters. The summed E-state index contributed by atoms with van der Waals surface area (Å²) < 4.78 is 55.6. The molecule has 0 bridgehead atoms. The van der Waals surface area contributed by atoms with Gasteiger partial charge in [-0.05, 0) is 60.7 Å². The molecule has 0 spiro atoms. The second-order valence-electron chi connectivity index (χ2n) is 8.32. The van der Waals surface area contributed by atoms with E-state index in [1.54, 1.807) is 67.7 Å². The summed E-state index contributed by atoms with van der Waals surface area (Å²) in [7, 11) is 3.15. The number of amides is 1. The summed E-state index contributed by atoms with van der Waals surface area (Å²) in [4.78, 5) is 16.8. The molecule has 1 aliphatic rings. The SMILES string of the molecule is COc1ccc(OCc2cc(C(=O)N3CCN(c4cccc(C(F)(F)F)c4)CC3)ccc2OC)cc1. The zero-order chi connectivity index (χ0) is 25.7. The van der Waals surface area contributed by atoms with Gasteiger partial charge in [0, 0.05) is 43.0 Å². The summed E-state index contributed by atoms with van der Waals surface area (Å²) in [6.45, 7) is 1.89. The third kappa shape index (κ3) is 5.84. The van der Waals surface area contributed by atoms with E-state index in [2.05, 4.69) is 0 Å². The van der Waals surface area contributed by atoms with Gasteiger partial charge in [-0.3, -0.25) is 4.79 Å². The first-order valence-electron chi connectivity index (χ1n) is 11.4. The molecule has 190 valence electrons. The molecule has 4 rings (SSSR count). The Morgan fingerprint density at radius 3 is 2.19 bits per heavy atom. The second-order valence-corrected chi connectivity index (χ2v) is 8.32. The van der Waals surface area contributed by atoms with Crippen LogP contribution in [0.15, 0.2) is 66.7 Å². The van der Waals surface area contributed by atoms with Gasteiger partial charge in [0.05, 0.1) is 19.8 Å². The Morgan fingerprint density at radius 2 is 1.56 bits per heavy atom. The minimum absolute atomic E-state index is 0.146. The fourth-order valence-corrected chi connectivity index (χ4v) is 4.09. The average Bonchev–Trinajstić information content (AvgIpc) is 2.91. The molecule has 6 nitrogen and oxygen atoms in total. The van der Waals surface area contributed by atoms with Gasteiger partial charge in [0.25, 0.3) is 5.91 Å². The zero-order valence-corrected chi connectivity index (χ0v) is 20.0. The number of benzene rings is 3. The monoisotopic (exact) mass is 500 g/mol. The van der Waals surface area contributed by atoms with Crippen molar-refractivity contribution in [1.29, 1.82) is 0 Å². The lowest BCUT2D eigenvalue weighted by Gasteiger charge is -2.36. The molecule has 1 aliphatic heterocycles. The van der Waals surface area contributed by atoms with Crippen molar-refractivity contribution < 1.29 is 32.2 Å². The summed E-state index contributed by atoms with van der Waals surface area (Å²) in [5, 5.41) is 0. The van der Waals surface area contributed by atoms with Gasteiger partial charge in [-0.15, -0.1) is 0 Å². The van der Waals surface area contributed by atoms with E-state index in [9.17, 15) is 18.0 Å². The minimum atomic E-state index is -4.39. The molecule has 3 aromatic carbocycles. The summed E-state index contributed by atoms with van der Waals surface area (Å²) in [6.07, 6.45) is -4.39. The predicted molar refractivity (Wildman–Crippen MR) is 130 cm³/mol. The number of rotatable bonds is 7. The molecule has 9 heteroatoms. The molecular formula is C27H27F3N2O4. The van der Waals surface area contributed by atoms with Crippen LogP contribution in [0, 0.1) is 0 Å². The van der Waals surface area contributed by atoms with Gasteiger partial charge < -0.3 is 24.0 Å². The number of halogens is 3. The van der Waals surface area contributed by atoms with E-state index in [-0.39, 0.29) is 12.5 Å². The number of alkyl halides is 3. The molecular weight excluding hydrogens is 473 g/mol. The normalized spacial score (nSPS) is 13.9. The van der Waals surface area contributed by atoms with Crippen LogP contribution < -0.4 is 19.1 Å². The van der Waals surface area contributed by atoms with E-state index in [1.807, 2.05) is 4.90 Å². The van der Waals surface area contributed by atoms with Crippen molar-refractivity contribution in [2.45, 2.75) is 12.8 Å². The van der Waals surface area contributed by atoms with Crippen molar-refractivity contribution in [1.82, 2.24) is 4.90 Å². The van der Waals surface area contributed by atoms with Crippen molar-refractivity contribution in [3.63, 3.8) is 0 Å². The predicted octanol–water partition coefficient (Wildman–Crippen LogP) is 5.26. The highest BCUT2D eigenvalue weighted by atomic mass is 19.4. The van der Waals surface area contributed by atoms with Crippen LogP contribution in [0.3, 0.4) is 0 Å². The van der Waals surface area contributed by atoms with Gasteiger partial charge >= 0.3 is 6.18 Å². The number of carbonyl (C=O) groups is 1. The summed E-state index contributed by atoms with van der Waals surface area (Å²) >= 11 is 0. The maximum absolute atomic E-state index is 13.2. The fraction of sp³-hybridized carbons (Fsp3) is 0.296. The van der Waals surface area contributed by atoms with Crippen LogP contribution >= 0.6 is 0 Å². The van der Waals surface area contributed by atoms with Crippen molar-refractivity contribution in [2.24, 2.45) is 0 Å². The highest BCUT2D eigenvalue weighted by Gasteiger charge is 2.31. The smallest absolute Gasteiger partial charge is 0.416 e. The molecule has 0 aliphatic carbocycles. The molecule has 1 saturated heterocycles. The average molecular weight is 501 g/mol. The van der Waals surface area contributed by atoms with Crippen molar-refractivity contribution in [3.8, 4) is 17.2 Å². The lowest BCUT2D eigenvalue weighted by Crippen LogP contribution is -2.48. The highest BCUT2D eigenvalue weighted by molar-refractivity contribution is 5.94. The highest BCUT2D eigenvalue weighted by Crippen LogP contribution is 2.32. The molecule has 3 aromatic rings. The number of nitrogens with zero attached hydrogens (tertiary/aromatic N) is 2. The van der Waals surface area contributed by atoms with E-state index in [1.165, 1.54) is 6.07 Å². The Labute approximate surface area is 207 Å². The van der Waals surface area contributed by atoms with Crippen LogP contribution in [0.25, 0.3) is 0 Å². The van der Waals surface area contributed by atoms with Crippen LogP contribution in [0.1, 0.15) is 21.5 Å². The first-order chi connectivity index (χ1) is 17.3. The number of hydrogen-bond acceptors (Lipinski definition) is 5. The van der Waals surface area contributed by atoms with Crippen LogP contribution in [0.2, 0.25) is 0 Å². The van der Waals surface area contributed by atoms with Crippen molar-refractivity contribution >= 4 is 11.6 Å². The van der Waals surface area contributed by atoms with Crippen LogP contribution in [0.5, 0.6) is 17.2 Å². The Hall–Kier alpha value is -3.88. The maximum Gasteiger partial charge on any atom is 0.416 e. The Bertz CT molecular complexity index is 1190. The Morgan fingerprint density at radius 1 is 0.861 bits per heavy atom. The topological polar surface area (TPSA) is 51.2 Å². The van der Waals surface area contributed by atoms with Gasteiger partial charge in [-0.1, -0.05) is 6.07 Å². The molecule has 0 N–H and O–H groups in total. The van der Waals surface area contributed by atoms with E-state index in [0.29, 0.717) is 48.9 Å². The third-order valence-electron chi connectivity index (χ3n) is 6.09. The van der Waals surface area contributed by atoms with Gasteiger partial charge in [0.15, 0.2) is 0 Å². The zero-order valence-electron chi connectivity index (χ0n) is 20.0. The second kappa shape index (κ2) is 10.8. The molecule has 0 aromatic heterocycles. The maximum atomic E-state index is 13.2. The number of methoxy groups -OCH3 is 2. The molecule has 1 fully saturated rings. The van der Waals surface area contributed by atoms with E-state index in [4.69, 9.17) is 14.2 Å². The van der Waals surface area contributed by atoms with Gasteiger partial charge in [-0.2, -0.15) is 13.2 Å². The lowest BCUT2D eigenvalue weighted by atomic mass is 10.1. The van der Waals surface area contributed by atoms with E-state index >= 15 is 0 Å². The molecule has 0 radical (unpaired) electrons. The molecule has 1 heterocycles. The number of ether oxygens (including phenoxy) is 3. The number of piperazine rings is 1. The first kappa shape index (κ1) is 25.2. The number of hydrogen-bond donors (Lipinski definition) is 0. The Balaban J connectivity index is 1.41. The van der Waals surface area contributed by atoms with Gasteiger partial charge in [-0.25, -0.2) is 0 Å². The first-order valence-corrected chi connectivity index (χ1v) is 11.4. The van der Waals surface area contributed by atoms with E-state index < -0.39 is 11.7 Å². The summed E-state index contributed by atoms with van der Waals surface area (Å²) in [6, 6.07) is 17.7. The number of carbonyl (C=O) groups excluding carboxylic acids is 1. The van der Waals surface area contributed by atoms with E-state index in [0.717, 1.165) is 23.4 Å². The lowest BCUT2D eigenvalue weighted by molar-refractivity contribution is -0.137. The van der Waals surface area contributed by atoms with Gasteiger partial charge in [0.1, 0.15) is 23.9 Å². The molecule has 1 amide bonds.